The number of nitro groups is 1. The predicted molar refractivity (Wildman–Crippen MR) is 343 cm³/mol. The highest BCUT2D eigenvalue weighted by atomic mass is 31.2. The minimum atomic E-state index is -5.20. The Morgan fingerprint density at radius 1 is 0.312 bits per heavy atom. The zero-order valence-corrected chi connectivity index (χ0v) is 53.6. The van der Waals surface area contributed by atoms with Crippen LogP contribution >= 0.6 is 31.3 Å². The van der Waals surface area contributed by atoms with Crippen molar-refractivity contribution in [3.8, 4) is 5.75 Å². The van der Waals surface area contributed by atoms with Crippen molar-refractivity contribution in [1.29, 1.82) is 0 Å². The molecule has 1 heterocycles. The number of nitrogens with zero attached hydrogens (tertiary/aromatic N) is 1. The molecule has 0 aliphatic carbocycles. The summed E-state index contributed by atoms with van der Waals surface area (Å²) >= 11 is 0. The van der Waals surface area contributed by atoms with E-state index in [1.165, 1.54) is 12.1 Å². The normalized spacial score (nSPS) is 17.0. The van der Waals surface area contributed by atoms with Crippen molar-refractivity contribution in [2.75, 3.05) is 6.61 Å². The summed E-state index contributed by atoms with van der Waals surface area (Å²) in [6.45, 7) is -3.83. The van der Waals surface area contributed by atoms with Crippen molar-refractivity contribution in [3.05, 3.63) is 322 Å². The fourth-order valence-corrected chi connectivity index (χ4v) is 14.3. The first-order chi connectivity index (χ1) is 45.3. The first-order valence-corrected chi connectivity index (χ1v) is 35.2. The van der Waals surface area contributed by atoms with Gasteiger partial charge in [0.15, 0.2) is 6.10 Å². The monoisotopic (exact) mass is 1340 g/mol. The van der Waals surface area contributed by atoms with Crippen LogP contribution in [-0.4, -0.2) is 42.2 Å². The van der Waals surface area contributed by atoms with Crippen LogP contribution in [0.3, 0.4) is 0 Å². The highest BCUT2D eigenvalue weighted by molar-refractivity contribution is 7.49. The molecule has 0 radical (unpaired) electrons. The number of rotatable bonds is 36. The second-order valence-electron chi connectivity index (χ2n) is 20.8. The second kappa shape index (κ2) is 34.1. The molecular formula is C68H67NO20P4. The van der Waals surface area contributed by atoms with E-state index in [0.717, 1.165) is 12.1 Å². The number of phosphoric acid groups is 4. The fourth-order valence-electron chi connectivity index (χ4n) is 9.09. The van der Waals surface area contributed by atoms with Gasteiger partial charge in [0, 0.05) is 12.1 Å². The number of hydrogen-bond acceptors (Lipinski definition) is 20. The van der Waals surface area contributed by atoms with Crippen LogP contribution in [0.4, 0.5) is 5.69 Å². The molecule has 0 bridgehead atoms. The summed E-state index contributed by atoms with van der Waals surface area (Å²) in [5, 5.41) is 12.0. The largest absolute Gasteiger partial charge is 0.476 e. The van der Waals surface area contributed by atoms with Gasteiger partial charge in [-0.05, 0) is 56.6 Å². The van der Waals surface area contributed by atoms with Crippen molar-refractivity contribution < 1.29 is 86.9 Å². The summed E-state index contributed by atoms with van der Waals surface area (Å²) in [5.41, 5.74) is 4.02. The zero-order valence-electron chi connectivity index (χ0n) is 50.1. The van der Waals surface area contributed by atoms with Gasteiger partial charge in [-0.1, -0.05) is 243 Å². The summed E-state index contributed by atoms with van der Waals surface area (Å²) in [7, 11) is -20.3. The van der Waals surface area contributed by atoms with Crippen LogP contribution in [0.25, 0.3) is 0 Å². The fraction of sp³-hybridized carbons (Fsp3) is 0.206. The molecule has 0 spiro atoms. The van der Waals surface area contributed by atoms with E-state index in [2.05, 4.69) is 0 Å². The van der Waals surface area contributed by atoms with Gasteiger partial charge in [0.05, 0.1) is 64.4 Å². The first kappa shape index (κ1) is 68.4. The van der Waals surface area contributed by atoms with Crippen LogP contribution < -0.4 is 4.74 Å². The molecule has 1 aliphatic rings. The minimum Gasteiger partial charge on any atom is -0.462 e. The Morgan fingerprint density at radius 2 is 0.559 bits per heavy atom. The second-order valence-corrected chi connectivity index (χ2v) is 27.3. The minimum absolute atomic E-state index is 0.114. The highest BCUT2D eigenvalue weighted by Gasteiger charge is 2.58. The summed E-state index contributed by atoms with van der Waals surface area (Å²) in [5.74, 6) is -0.114. The molecular weight excluding hydrogens is 1270 g/mol. The van der Waals surface area contributed by atoms with Gasteiger partial charge in [-0.15, -0.1) is 0 Å². The van der Waals surface area contributed by atoms with Gasteiger partial charge in [0.25, 0.3) is 5.69 Å². The summed E-state index contributed by atoms with van der Waals surface area (Å²) in [4.78, 5) is 11.4. The maximum Gasteiger partial charge on any atom is 0.476 e. The van der Waals surface area contributed by atoms with Crippen molar-refractivity contribution in [2.24, 2.45) is 0 Å². The van der Waals surface area contributed by atoms with Gasteiger partial charge in [0.1, 0.15) is 24.1 Å². The van der Waals surface area contributed by atoms with Crippen LogP contribution in [0.2, 0.25) is 0 Å². The maximum absolute atomic E-state index is 16.2. The number of non-ortho nitro benzene ring substituents is 1. The van der Waals surface area contributed by atoms with E-state index in [4.69, 9.17) is 63.8 Å². The van der Waals surface area contributed by atoms with E-state index in [1.54, 1.807) is 243 Å². The molecule has 93 heavy (non-hydrogen) atoms. The van der Waals surface area contributed by atoms with Gasteiger partial charge in [-0.3, -0.25) is 64.4 Å². The van der Waals surface area contributed by atoms with Gasteiger partial charge < -0.3 is 9.47 Å². The molecule has 484 valence electrons. The third kappa shape index (κ3) is 21.6. The number of ether oxygens (including phenoxy) is 2. The Labute approximate surface area is 538 Å². The van der Waals surface area contributed by atoms with Crippen LogP contribution in [0.15, 0.2) is 267 Å². The first-order valence-electron chi connectivity index (χ1n) is 29.4. The molecule has 9 aromatic rings. The smallest absolute Gasteiger partial charge is 0.462 e. The lowest BCUT2D eigenvalue weighted by atomic mass is 9.99. The Morgan fingerprint density at radius 3 is 0.828 bits per heavy atom. The van der Waals surface area contributed by atoms with E-state index >= 15 is 18.3 Å². The molecule has 0 N–H and O–H groups in total. The van der Waals surface area contributed by atoms with Crippen molar-refractivity contribution in [1.82, 2.24) is 0 Å². The summed E-state index contributed by atoms with van der Waals surface area (Å²) < 4.78 is 154. The predicted octanol–water partition coefficient (Wildman–Crippen LogP) is 17.0. The Hall–Kier alpha value is -7.42. The van der Waals surface area contributed by atoms with Crippen molar-refractivity contribution in [3.63, 3.8) is 0 Å². The van der Waals surface area contributed by atoms with Crippen LogP contribution in [0, 0.1) is 10.1 Å². The molecule has 0 unspecified atom stereocenters. The Balaban J connectivity index is 1.15. The van der Waals surface area contributed by atoms with Crippen molar-refractivity contribution >= 4 is 37.0 Å². The molecule has 21 nitrogen and oxygen atoms in total. The third-order valence-corrected chi connectivity index (χ3v) is 19.4. The van der Waals surface area contributed by atoms with Gasteiger partial charge in [0.2, 0.25) is 6.29 Å². The summed E-state index contributed by atoms with van der Waals surface area (Å²) in [6.07, 6.45) is -10.3. The Kier molecular flexibility index (Phi) is 25.1. The quantitative estimate of drug-likeness (QED) is 0.0201. The average Bonchev–Trinajstić information content (AvgIpc) is 0.777. The van der Waals surface area contributed by atoms with Gasteiger partial charge in [-0.2, -0.15) is 0 Å². The van der Waals surface area contributed by atoms with E-state index in [0.29, 0.717) is 44.5 Å². The Bertz CT molecular complexity index is 3710. The number of hydrogen-bond donors (Lipinski definition) is 0. The topological polar surface area (TPSA) is 241 Å². The van der Waals surface area contributed by atoms with E-state index in [9.17, 15) is 10.1 Å². The average molecular weight is 1340 g/mol. The number of phosphoric ester groups is 4. The molecule has 1 fully saturated rings. The lowest BCUT2D eigenvalue weighted by molar-refractivity contribution is -0.384. The number of benzene rings is 9. The van der Waals surface area contributed by atoms with E-state index < -0.39 is 86.7 Å². The van der Waals surface area contributed by atoms with Crippen LogP contribution in [0.5, 0.6) is 5.75 Å². The number of nitro benzene ring substituents is 1. The van der Waals surface area contributed by atoms with E-state index in [1.807, 2.05) is 0 Å². The molecule has 5 atom stereocenters. The molecule has 0 saturated carbocycles. The van der Waals surface area contributed by atoms with E-state index in [-0.39, 0.29) is 51.1 Å². The van der Waals surface area contributed by atoms with Crippen molar-refractivity contribution in [2.45, 2.75) is 83.6 Å². The lowest BCUT2D eigenvalue weighted by Gasteiger charge is -2.46. The summed E-state index contributed by atoms with van der Waals surface area (Å²) in [6, 6.07) is 74.5. The van der Waals surface area contributed by atoms with Gasteiger partial charge >= 0.3 is 31.3 Å². The van der Waals surface area contributed by atoms with Gasteiger partial charge in [-0.25, -0.2) is 18.3 Å². The lowest BCUT2D eigenvalue weighted by Crippen LogP contribution is -2.62. The standard InChI is InChI=1S/C68H67NO20P4/c70-69(71)62-41-43-63(44-42-62)85-68-67(89-93(75,82-51-60-37-21-7-22-38-60)83-52-61-39-23-8-24-40-61)66(88-92(74,80-49-58-33-17-5-18-34-58)81-50-59-35-19-6-20-36-59)65(87-91(73,78-47-56-29-13-3-14-30-56)79-48-57-31-15-4-16-32-57)64(86-68)53-84-90(72,76-45-54-25-9-1-10-26-54)77-46-55-27-11-2-12-28-55/h1-44,64-68H,45-53H2/t64-,65-,66+,67-,68-/m1/s1. The molecule has 1 saturated heterocycles. The SMILES string of the molecule is O=[N+]([O-])c1ccc(O[C@@H]2O[C@H](COP(=O)(OCc3ccccc3)OCc3ccccc3)[C@@H](OP(=O)(OCc3ccccc3)OCc3ccccc3)[C@H](OP(=O)(OCc3ccccc3)OCc3ccccc3)[C@H]2OP(=O)(OCc2ccccc2)OCc2ccccc2)cc1. The third-order valence-electron chi connectivity index (χ3n) is 13.9. The molecule has 9 aromatic carbocycles. The van der Waals surface area contributed by atoms with Crippen LogP contribution in [-0.2, 0) is 130 Å². The highest BCUT2D eigenvalue weighted by Crippen LogP contribution is 2.61. The molecule has 1 aliphatic heterocycles. The molecule has 10 rings (SSSR count). The molecule has 25 heteroatoms. The zero-order chi connectivity index (χ0) is 64.6. The molecule has 0 aromatic heterocycles. The maximum atomic E-state index is 16.2. The van der Waals surface area contributed by atoms with Crippen LogP contribution in [0.1, 0.15) is 44.5 Å². The molecule has 0 amide bonds.